The smallest absolute Gasteiger partial charge is 0.254 e. The Hall–Kier alpha value is -3.39. The molecule has 0 aliphatic carbocycles. The molecule has 6 nitrogen and oxygen atoms in total. The highest BCUT2D eigenvalue weighted by molar-refractivity contribution is 7.10. The Bertz CT molecular complexity index is 1210. The van der Waals surface area contributed by atoms with E-state index in [-0.39, 0.29) is 36.8 Å². The number of methoxy groups -OCH3 is 1. The zero-order chi connectivity index (χ0) is 26.4. The maximum Gasteiger partial charge on any atom is 0.254 e. The molecule has 0 radical (unpaired) electrons. The molecule has 8 heteroatoms. The molecule has 196 valence electrons. The fourth-order valence-corrected chi connectivity index (χ4v) is 5.37. The molecule has 37 heavy (non-hydrogen) atoms. The molecule has 1 aliphatic heterocycles. The lowest BCUT2D eigenvalue weighted by atomic mass is 10.00. The van der Waals surface area contributed by atoms with Gasteiger partial charge < -0.3 is 19.3 Å². The first-order chi connectivity index (χ1) is 17.9. The highest BCUT2D eigenvalue weighted by Gasteiger charge is 2.33. The molecule has 1 aliphatic rings. The summed E-state index contributed by atoms with van der Waals surface area (Å²) in [5.41, 5.74) is 1.56. The first-order valence-corrected chi connectivity index (χ1v) is 13.4. The average Bonchev–Trinajstić information content (AvgIpc) is 3.39. The number of rotatable bonds is 10. The van der Waals surface area contributed by atoms with Crippen molar-refractivity contribution in [1.29, 1.82) is 0 Å². The molecule has 0 spiro atoms. The first-order valence-electron chi connectivity index (χ1n) is 12.5. The van der Waals surface area contributed by atoms with Crippen LogP contribution in [0, 0.1) is 11.7 Å². The van der Waals surface area contributed by atoms with Crippen LogP contribution < -0.4 is 9.47 Å². The number of hydrogen-bond donors (Lipinski definition) is 0. The van der Waals surface area contributed by atoms with Crippen LogP contribution in [0.2, 0.25) is 0 Å². The van der Waals surface area contributed by atoms with Gasteiger partial charge in [0.1, 0.15) is 30.5 Å². The molecular weight excluding hydrogens is 491 g/mol. The quantitative estimate of drug-likeness (QED) is 0.347. The Morgan fingerprint density at radius 2 is 1.92 bits per heavy atom. The third kappa shape index (κ3) is 6.68. The van der Waals surface area contributed by atoms with Crippen LogP contribution in [-0.2, 0) is 11.2 Å². The van der Waals surface area contributed by atoms with Gasteiger partial charge in [-0.1, -0.05) is 19.9 Å². The number of thiophene rings is 1. The van der Waals surface area contributed by atoms with Crippen molar-refractivity contribution in [3.05, 3.63) is 81.8 Å². The van der Waals surface area contributed by atoms with Gasteiger partial charge in [-0.05, 0) is 78.2 Å². The Kier molecular flexibility index (Phi) is 8.82. The van der Waals surface area contributed by atoms with E-state index in [9.17, 15) is 14.0 Å². The normalized spacial score (nSPS) is 14.8. The topological polar surface area (TPSA) is 59.1 Å². The van der Waals surface area contributed by atoms with Crippen LogP contribution in [0.3, 0.4) is 0 Å². The van der Waals surface area contributed by atoms with Crippen LogP contribution in [0.25, 0.3) is 0 Å². The van der Waals surface area contributed by atoms with E-state index in [0.29, 0.717) is 36.1 Å². The highest BCUT2D eigenvalue weighted by Crippen LogP contribution is 2.34. The second kappa shape index (κ2) is 12.2. The minimum absolute atomic E-state index is 0.0186. The number of nitrogens with zero attached hydrogens (tertiary/aromatic N) is 2. The zero-order valence-corrected chi connectivity index (χ0v) is 22.3. The first kappa shape index (κ1) is 26.7. The van der Waals surface area contributed by atoms with Gasteiger partial charge in [0.05, 0.1) is 13.2 Å². The number of amides is 2. The van der Waals surface area contributed by atoms with Crippen molar-refractivity contribution in [2.24, 2.45) is 5.92 Å². The van der Waals surface area contributed by atoms with Gasteiger partial charge in [0.25, 0.3) is 5.91 Å². The Morgan fingerprint density at radius 3 is 2.65 bits per heavy atom. The molecule has 4 rings (SSSR count). The van der Waals surface area contributed by atoms with Gasteiger partial charge in [0.15, 0.2) is 0 Å². The number of halogens is 1. The van der Waals surface area contributed by atoms with Crippen LogP contribution in [-0.4, -0.2) is 55.0 Å². The maximum absolute atomic E-state index is 13.7. The van der Waals surface area contributed by atoms with E-state index in [0.717, 1.165) is 18.4 Å². The van der Waals surface area contributed by atoms with Crippen molar-refractivity contribution in [2.45, 2.75) is 32.7 Å². The van der Waals surface area contributed by atoms with Crippen LogP contribution in [0.1, 0.15) is 47.1 Å². The van der Waals surface area contributed by atoms with E-state index >= 15 is 0 Å². The standard InChI is InChI=1S/C29H33FN2O4S/c1-20(2)11-14-31(29(34)21-5-4-6-24(17-21)35-3)18-28(33)32-15-12-27-25(13-16-37-27)26(32)19-36-23-9-7-22(30)8-10-23/h4-10,13,16-17,20,26H,11-12,14-15,18-19H2,1-3H3. The van der Waals surface area contributed by atoms with Crippen molar-refractivity contribution >= 4 is 23.2 Å². The molecule has 0 fully saturated rings. The molecule has 2 amide bonds. The number of hydrogen-bond acceptors (Lipinski definition) is 5. The van der Waals surface area contributed by atoms with Crippen LogP contribution in [0.5, 0.6) is 11.5 Å². The summed E-state index contributed by atoms with van der Waals surface area (Å²) >= 11 is 1.68. The molecule has 0 saturated carbocycles. The third-order valence-corrected chi connectivity index (χ3v) is 7.54. The van der Waals surface area contributed by atoms with Gasteiger partial charge in [-0.2, -0.15) is 0 Å². The summed E-state index contributed by atoms with van der Waals surface area (Å²) < 4.78 is 24.6. The lowest BCUT2D eigenvalue weighted by molar-refractivity contribution is -0.135. The van der Waals surface area contributed by atoms with Gasteiger partial charge in [-0.25, -0.2) is 4.39 Å². The van der Waals surface area contributed by atoms with Gasteiger partial charge in [-0.3, -0.25) is 9.59 Å². The third-order valence-electron chi connectivity index (χ3n) is 6.54. The molecule has 0 N–H and O–H groups in total. The highest BCUT2D eigenvalue weighted by atomic mass is 32.1. The SMILES string of the molecule is COc1cccc(C(=O)N(CCC(C)C)CC(=O)N2CCc3sccc3C2COc2ccc(F)cc2)c1. The molecule has 0 saturated heterocycles. The van der Waals surface area contributed by atoms with Crippen molar-refractivity contribution in [1.82, 2.24) is 9.80 Å². The Morgan fingerprint density at radius 1 is 1.14 bits per heavy atom. The fourth-order valence-electron chi connectivity index (χ4n) is 4.44. The Balaban J connectivity index is 1.53. The van der Waals surface area contributed by atoms with E-state index in [1.54, 1.807) is 59.7 Å². The number of ether oxygens (including phenoxy) is 2. The summed E-state index contributed by atoms with van der Waals surface area (Å²) in [6.07, 6.45) is 1.55. The van der Waals surface area contributed by atoms with Crippen LogP contribution in [0.15, 0.2) is 60.0 Å². The monoisotopic (exact) mass is 524 g/mol. The number of carbonyl (C=O) groups is 2. The molecule has 1 atom stereocenters. The molecular formula is C29H33FN2O4S. The molecule has 2 aromatic carbocycles. The predicted octanol–water partition coefficient (Wildman–Crippen LogP) is 5.59. The molecule has 2 heterocycles. The number of benzene rings is 2. The summed E-state index contributed by atoms with van der Waals surface area (Å²) in [4.78, 5) is 31.9. The molecule has 0 bridgehead atoms. The summed E-state index contributed by atoms with van der Waals surface area (Å²) in [5.74, 6) is 0.882. The fraction of sp³-hybridized carbons (Fsp3) is 0.379. The van der Waals surface area contributed by atoms with Crippen molar-refractivity contribution in [2.75, 3.05) is 33.4 Å². The van der Waals surface area contributed by atoms with Crippen molar-refractivity contribution < 1.29 is 23.5 Å². The van der Waals surface area contributed by atoms with E-state index in [1.807, 2.05) is 16.3 Å². The summed E-state index contributed by atoms with van der Waals surface area (Å²) in [7, 11) is 1.56. The second-order valence-electron chi connectivity index (χ2n) is 9.56. The Labute approximate surface area is 221 Å². The van der Waals surface area contributed by atoms with Gasteiger partial charge in [0.2, 0.25) is 5.91 Å². The summed E-state index contributed by atoms with van der Waals surface area (Å²) in [6, 6.07) is 14.6. The number of carbonyl (C=O) groups excluding carboxylic acids is 2. The lowest BCUT2D eigenvalue weighted by Crippen LogP contribution is -2.48. The average molecular weight is 525 g/mol. The van der Waals surface area contributed by atoms with Gasteiger partial charge in [0, 0.05) is 23.5 Å². The second-order valence-corrected chi connectivity index (χ2v) is 10.6. The van der Waals surface area contributed by atoms with Crippen LogP contribution >= 0.6 is 11.3 Å². The van der Waals surface area contributed by atoms with E-state index < -0.39 is 0 Å². The predicted molar refractivity (Wildman–Crippen MR) is 143 cm³/mol. The number of fused-ring (bicyclic) bond motifs is 1. The zero-order valence-electron chi connectivity index (χ0n) is 21.5. The van der Waals surface area contributed by atoms with E-state index in [1.165, 1.54) is 17.0 Å². The minimum Gasteiger partial charge on any atom is -0.497 e. The summed E-state index contributed by atoms with van der Waals surface area (Å²) in [5, 5.41) is 2.03. The maximum atomic E-state index is 13.7. The van der Waals surface area contributed by atoms with E-state index in [2.05, 4.69) is 13.8 Å². The van der Waals surface area contributed by atoms with Crippen molar-refractivity contribution in [3.8, 4) is 11.5 Å². The minimum atomic E-state index is -0.330. The van der Waals surface area contributed by atoms with Crippen LogP contribution in [0.4, 0.5) is 4.39 Å². The molecule has 1 unspecified atom stereocenters. The van der Waals surface area contributed by atoms with E-state index in [4.69, 9.17) is 9.47 Å². The van der Waals surface area contributed by atoms with Crippen molar-refractivity contribution in [3.63, 3.8) is 0 Å². The molecule has 1 aromatic heterocycles. The van der Waals surface area contributed by atoms with Gasteiger partial charge >= 0.3 is 0 Å². The molecule has 3 aromatic rings. The largest absolute Gasteiger partial charge is 0.497 e. The summed E-state index contributed by atoms with van der Waals surface area (Å²) in [6.45, 7) is 5.46. The lowest BCUT2D eigenvalue weighted by Gasteiger charge is -2.37. The van der Waals surface area contributed by atoms with Gasteiger partial charge in [-0.15, -0.1) is 11.3 Å².